The molecule has 2 N–H and O–H groups in total. The maximum atomic E-state index is 11.2. The highest BCUT2D eigenvalue weighted by Gasteiger charge is 2.08. The minimum absolute atomic E-state index is 0.0569. The predicted octanol–water partition coefficient (Wildman–Crippen LogP) is -0.557. The molecule has 0 saturated carbocycles. The van der Waals surface area contributed by atoms with Crippen LogP contribution in [0.4, 0.5) is 0 Å². The van der Waals surface area contributed by atoms with Crippen molar-refractivity contribution in [2.24, 2.45) is 5.73 Å². The van der Waals surface area contributed by atoms with Gasteiger partial charge in [-0.15, -0.1) is 11.5 Å². The van der Waals surface area contributed by atoms with Crippen LogP contribution in [0.3, 0.4) is 0 Å². The molecule has 68 valence electrons. The van der Waals surface area contributed by atoms with E-state index in [9.17, 15) is 4.79 Å². The summed E-state index contributed by atoms with van der Waals surface area (Å²) in [5.41, 5.74) is 5.60. The lowest BCUT2D eigenvalue weighted by Crippen LogP contribution is -2.10. The molecule has 0 aliphatic carbocycles. The first-order valence-corrected chi connectivity index (χ1v) is 3.84. The van der Waals surface area contributed by atoms with Crippen molar-refractivity contribution in [2.75, 3.05) is 6.54 Å². The van der Waals surface area contributed by atoms with Gasteiger partial charge in [0.25, 0.3) is 0 Å². The normalized spacial score (nSPS) is 9.54. The summed E-state index contributed by atoms with van der Waals surface area (Å²) < 4.78 is 1.52. The number of hydrogen-bond donors (Lipinski definition) is 1. The summed E-state index contributed by atoms with van der Waals surface area (Å²) in [6.45, 7) is 1.02. The number of nitrogens with two attached hydrogens (primary N) is 1. The van der Waals surface area contributed by atoms with Crippen molar-refractivity contribution in [1.29, 1.82) is 0 Å². The Morgan fingerprint density at radius 3 is 3.15 bits per heavy atom. The molecular formula is C8H10N4O. The van der Waals surface area contributed by atoms with Gasteiger partial charge in [-0.1, -0.05) is 11.1 Å². The van der Waals surface area contributed by atoms with Crippen molar-refractivity contribution in [1.82, 2.24) is 15.0 Å². The minimum atomic E-state index is -0.189. The monoisotopic (exact) mass is 178 g/mol. The molecule has 0 aliphatic rings. The van der Waals surface area contributed by atoms with E-state index in [2.05, 4.69) is 16.2 Å². The molecule has 0 atom stereocenters. The van der Waals surface area contributed by atoms with E-state index < -0.39 is 0 Å². The Labute approximate surface area is 75.9 Å². The molecule has 0 fully saturated rings. The fraction of sp³-hybridized carbons (Fsp3) is 0.375. The van der Waals surface area contributed by atoms with E-state index in [1.165, 1.54) is 4.68 Å². The zero-order valence-corrected chi connectivity index (χ0v) is 7.10. The van der Waals surface area contributed by atoms with Crippen molar-refractivity contribution in [3.05, 3.63) is 11.9 Å². The number of nitrogens with zero attached hydrogens (tertiary/aromatic N) is 3. The maximum Gasteiger partial charge on any atom is 0.196 e. The summed E-state index contributed by atoms with van der Waals surface area (Å²) in [6, 6.07) is 0. The molecule has 1 aromatic heterocycles. The second-order valence-electron chi connectivity index (χ2n) is 2.46. The Balaban J connectivity index is 2.69. The van der Waals surface area contributed by atoms with Crippen LogP contribution < -0.4 is 5.73 Å². The zero-order chi connectivity index (χ0) is 9.68. The second kappa shape index (κ2) is 4.38. The number of hydrogen-bond acceptors (Lipinski definition) is 4. The Kier molecular flexibility index (Phi) is 3.17. The Morgan fingerprint density at radius 2 is 2.54 bits per heavy atom. The molecule has 0 saturated heterocycles. The molecule has 0 unspecified atom stereocenters. The van der Waals surface area contributed by atoms with Gasteiger partial charge in [-0.3, -0.25) is 9.48 Å². The van der Waals surface area contributed by atoms with Gasteiger partial charge in [0.1, 0.15) is 5.69 Å². The van der Waals surface area contributed by atoms with Crippen molar-refractivity contribution < 1.29 is 4.79 Å². The standard InChI is InChI=1S/C8H10N4O/c1-2-3-8(13)7-6-12(5-4-9)11-10-7/h1,6H,3-5,9H2. The molecule has 5 nitrogen and oxygen atoms in total. The minimum Gasteiger partial charge on any atom is -0.329 e. The highest BCUT2D eigenvalue weighted by Crippen LogP contribution is 1.97. The van der Waals surface area contributed by atoms with Crippen LogP contribution >= 0.6 is 0 Å². The van der Waals surface area contributed by atoms with Gasteiger partial charge >= 0.3 is 0 Å². The SMILES string of the molecule is C#CCC(=O)c1cn(CCN)nn1. The van der Waals surface area contributed by atoms with Crippen LogP contribution in [0.5, 0.6) is 0 Å². The second-order valence-corrected chi connectivity index (χ2v) is 2.46. The first-order valence-electron chi connectivity index (χ1n) is 3.84. The fourth-order valence-corrected chi connectivity index (χ4v) is 0.851. The van der Waals surface area contributed by atoms with Crippen LogP contribution in [-0.4, -0.2) is 27.3 Å². The van der Waals surface area contributed by atoms with Crippen molar-refractivity contribution in [3.8, 4) is 12.3 Å². The molecule has 5 heteroatoms. The Hall–Kier alpha value is -1.67. The number of ketones is 1. The van der Waals surface area contributed by atoms with Crippen molar-refractivity contribution >= 4 is 5.78 Å². The van der Waals surface area contributed by atoms with Gasteiger partial charge in [0.05, 0.1) is 19.2 Å². The summed E-state index contributed by atoms with van der Waals surface area (Å²) >= 11 is 0. The number of carbonyl (C=O) groups excluding carboxylic acids is 1. The lowest BCUT2D eigenvalue weighted by molar-refractivity contribution is 0.0993. The highest BCUT2D eigenvalue weighted by atomic mass is 16.1. The van der Waals surface area contributed by atoms with Crippen LogP contribution in [0.2, 0.25) is 0 Å². The highest BCUT2D eigenvalue weighted by molar-refractivity contribution is 5.95. The van der Waals surface area contributed by atoms with Gasteiger partial charge < -0.3 is 5.73 Å². The molecule has 0 spiro atoms. The molecule has 1 heterocycles. The summed E-state index contributed by atoms with van der Waals surface area (Å²) in [4.78, 5) is 11.2. The number of Topliss-reactive ketones (excluding diaryl/α,β-unsaturated/α-hetero) is 1. The van der Waals surface area contributed by atoms with Crippen LogP contribution in [0.25, 0.3) is 0 Å². The molecule has 1 rings (SSSR count). The Bertz CT molecular complexity index is 336. The topological polar surface area (TPSA) is 73.8 Å². The largest absolute Gasteiger partial charge is 0.329 e. The molecule has 13 heavy (non-hydrogen) atoms. The van der Waals surface area contributed by atoms with Gasteiger partial charge in [-0.05, 0) is 0 Å². The predicted molar refractivity (Wildman–Crippen MR) is 46.9 cm³/mol. The smallest absolute Gasteiger partial charge is 0.196 e. The summed E-state index contributed by atoms with van der Waals surface area (Å²) in [5, 5.41) is 7.37. The Morgan fingerprint density at radius 1 is 1.77 bits per heavy atom. The van der Waals surface area contributed by atoms with Gasteiger partial charge in [0.15, 0.2) is 5.78 Å². The molecule has 0 amide bonds. The van der Waals surface area contributed by atoms with Gasteiger partial charge in [0.2, 0.25) is 0 Å². The van der Waals surface area contributed by atoms with Crippen LogP contribution in [0.1, 0.15) is 16.9 Å². The van der Waals surface area contributed by atoms with Gasteiger partial charge in [0, 0.05) is 6.54 Å². The van der Waals surface area contributed by atoms with E-state index in [1.807, 2.05) is 0 Å². The van der Waals surface area contributed by atoms with E-state index >= 15 is 0 Å². The van der Waals surface area contributed by atoms with E-state index in [-0.39, 0.29) is 12.2 Å². The molecule has 0 aliphatic heterocycles. The van der Waals surface area contributed by atoms with E-state index in [0.29, 0.717) is 18.8 Å². The van der Waals surface area contributed by atoms with Crippen molar-refractivity contribution in [2.45, 2.75) is 13.0 Å². The third-order valence-electron chi connectivity index (χ3n) is 1.45. The van der Waals surface area contributed by atoms with Crippen LogP contribution in [-0.2, 0) is 6.54 Å². The summed E-state index contributed by atoms with van der Waals surface area (Å²) in [7, 11) is 0. The number of carbonyl (C=O) groups is 1. The van der Waals surface area contributed by atoms with Crippen molar-refractivity contribution in [3.63, 3.8) is 0 Å². The first-order chi connectivity index (χ1) is 6.27. The average Bonchev–Trinajstić information content (AvgIpc) is 2.54. The third-order valence-corrected chi connectivity index (χ3v) is 1.45. The molecule has 0 bridgehead atoms. The van der Waals surface area contributed by atoms with E-state index in [4.69, 9.17) is 12.2 Å². The fourth-order valence-electron chi connectivity index (χ4n) is 0.851. The lowest BCUT2D eigenvalue weighted by atomic mass is 10.2. The maximum absolute atomic E-state index is 11.2. The number of terminal acetylenes is 1. The van der Waals surface area contributed by atoms with Crippen LogP contribution in [0.15, 0.2) is 6.20 Å². The van der Waals surface area contributed by atoms with E-state index in [1.54, 1.807) is 6.20 Å². The lowest BCUT2D eigenvalue weighted by Gasteiger charge is -1.92. The van der Waals surface area contributed by atoms with Crippen LogP contribution in [0, 0.1) is 12.3 Å². The molecule has 0 radical (unpaired) electrons. The summed E-state index contributed by atoms with van der Waals surface area (Å²) in [5.74, 6) is 2.07. The number of rotatable bonds is 4. The van der Waals surface area contributed by atoms with E-state index in [0.717, 1.165) is 0 Å². The molecule has 1 aromatic rings. The van der Waals surface area contributed by atoms with Gasteiger partial charge in [-0.25, -0.2) is 0 Å². The quantitative estimate of drug-likeness (QED) is 0.495. The first kappa shape index (κ1) is 9.42. The molecule has 0 aromatic carbocycles. The third kappa shape index (κ3) is 2.39. The summed E-state index contributed by atoms with van der Waals surface area (Å²) in [6.07, 6.45) is 6.59. The number of aromatic nitrogens is 3. The average molecular weight is 178 g/mol. The molecular weight excluding hydrogens is 168 g/mol. The van der Waals surface area contributed by atoms with Gasteiger partial charge in [-0.2, -0.15) is 0 Å². The zero-order valence-electron chi connectivity index (χ0n) is 7.10.